The average Bonchev–Trinajstić information content (AvgIpc) is 2.61. The number of aryl methyl sites for hydroxylation is 2. The zero-order chi connectivity index (χ0) is 18.2. The third-order valence-electron chi connectivity index (χ3n) is 4.08. The molecule has 0 aliphatic carbocycles. The zero-order valence-electron chi connectivity index (χ0n) is 15.3. The molecule has 4 heteroatoms. The number of amides is 1. The van der Waals surface area contributed by atoms with Crippen LogP contribution in [0, 0.1) is 13.8 Å². The number of hydrogen-bond donors (Lipinski definition) is 1. The molecule has 0 bridgehead atoms. The second-order valence-electron chi connectivity index (χ2n) is 5.90. The lowest BCUT2D eigenvalue weighted by molar-refractivity contribution is -0.116. The van der Waals surface area contributed by atoms with E-state index in [1.807, 2.05) is 56.3 Å². The Morgan fingerprint density at radius 1 is 1.00 bits per heavy atom. The Kier molecular flexibility index (Phi) is 6.63. The first-order valence-electron chi connectivity index (χ1n) is 8.27. The van der Waals surface area contributed by atoms with Crippen LogP contribution in [0.15, 0.2) is 42.5 Å². The van der Waals surface area contributed by atoms with Gasteiger partial charge in [0.25, 0.3) is 0 Å². The van der Waals surface area contributed by atoms with E-state index in [2.05, 4.69) is 5.32 Å². The molecule has 0 aliphatic heterocycles. The summed E-state index contributed by atoms with van der Waals surface area (Å²) in [5.41, 5.74) is 4.37. The zero-order valence-corrected chi connectivity index (χ0v) is 15.3. The van der Waals surface area contributed by atoms with Crippen LogP contribution in [0.3, 0.4) is 0 Å². The maximum Gasteiger partial charge on any atom is 0.244 e. The molecular formula is C21H25NO3. The summed E-state index contributed by atoms with van der Waals surface area (Å²) in [6, 6.07) is 11.8. The van der Waals surface area contributed by atoms with Crippen molar-refractivity contribution in [2.45, 2.75) is 20.3 Å². The Labute approximate surface area is 149 Å². The standard InChI is InChI=1S/C21H25NO3/c1-15-13-19(25-4)14-16(2)20(15)9-10-21(23)22-12-11-17-5-7-18(24-3)8-6-17/h5-10,13-14H,11-12H2,1-4H3,(H,22,23)/b10-9+. The maximum absolute atomic E-state index is 12.0. The summed E-state index contributed by atoms with van der Waals surface area (Å²) in [6.07, 6.45) is 4.22. The lowest BCUT2D eigenvalue weighted by Crippen LogP contribution is -2.23. The van der Waals surface area contributed by atoms with Crippen LogP contribution in [-0.4, -0.2) is 26.7 Å². The van der Waals surface area contributed by atoms with Crippen LogP contribution in [0.1, 0.15) is 22.3 Å². The van der Waals surface area contributed by atoms with Gasteiger partial charge in [0.15, 0.2) is 0 Å². The fourth-order valence-corrected chi connectivity index (χ4v) is 2.66. The molecule has 1 N–H and O–H groups in total. The summed E-state index contributed by atoms with van der Waals surface area (Å²) in [4.78, 5) is 12.0. The van der Waals surface area contributed by atoms with E-state index in [-0.39, 0.29) is 5.91 Å². The SMILES string of the molecule is COc1ccc(CCNC(=O)/C=C/c2c(C)cc(OC)cc2C)cc1. The number of ether oxygens (including phenoxy) is 2. The van der Waals surface area contributed by atoms with Gasteiger partial charge in [-0.1, -0.05) is 12.1 Å². The molecule has 0 unspecified atom stereocenters. The Hall–Kier alpha value is -2.75. The summed E-state index contributed by atoms with van der Waals surface area (Å²) in [5, 5.41) is 2.91. The van der Waals surface area contributed by atoms with Gasteiger partial charge in [-0.05, 0) is 72.9 Å². The van der Waals surface area contributed by atoms with Gasteiger partial charge >= 0.3 is 0 Å². The van der Waals surface area contributed by atoms with Crippen LogP contribution in [0.2, 0.25) is 0 Å². The number of carbonyl (C=O) groups excluding carboxylic acids is 1. The third-order valence-corrected chi connectivity index (χ3v) is 4.08. The topological polar surface area (TPSA) is 47.6 Å². The molecule has 132 valence electrons. The highest BCUT2D eigenvalue weighted by Crippen LogP contribution is 2.22. The van der Waals surface area contributed by atoms with Gasteiger partial charge in [-0.3, -0.25) is 4.79 Å². The quantitative estimate of drug-likeness (QED) is 0.783. The highest BCUT2D eigenvalue weighted by atomic mass is 16.5. The molecule has 0 aliphatic rings. The molecule has 0 atom stereocenters. The molecule has 0 aromatic heterocycles. The predicted octanol–water partition coefficient (Wildman–Crippen LogP) is 3.69. The van der Waals surface area contributed by atoms with Gasteiger partial charge in [0, 0.05) is 12.6 Å². The number of benzene rings is 2. The van der Waals surface area contributed by atoms with Crippen molar-refractivity contribution in [1.82, 2.24) is 5.32 Å². The fraction of sp³-hybridized carbons (Fsp3) is 0.286. The van der Waals surface area contributed by atoms with Crippen molar-refractivity contribution >= 4 is 12.0 Å². The van der Waals surface area contributed by atoms with Crippen LogP contribution in [0.4, 0.5) is 0 Å². The Balaban J connectivity index is 1.88. The summed E-state index contributed by atoms with van der Waals surface area (Å²) in [6.45, 7) is 4.61. The molecule has 0 saturated heterocycles. The van der Waals surface area contributed by atoms with Crippen molar-refractivity contribution in [3.63, 3.8) is 0 Å². The number of carbonyl (C=O) groups is 1. The molecule has 25 heavy (non-hydrogen) atoms. The van der Waals surface area contributed by atoms with Crippen LogP contribution < -0.4 is 14.8 Å². The van der Waals surface area contributed by atoms with Gasteiger partial charge in [0.2, 0.25) is 5.91 Å². The van der Waals surface area contributed by atoms with Crippen LogP contribution >= 0.6 is 0 Å². The van der Waals surface area contributed by atoms with Crippen molar-refractivity contribution < 1.29 is 14.3 Å². The van der Waals surface area contributed by atoms with E-state index in [1.54, 1.807) is 20.3 Å². The number of hydrogen-bond acceptors (Lipinski definition) is 3. The molecule has 4 nitrogen and oxygen atoms in total. The number of methoxy groups -OCH3 is 2. The molecule has 2 aromatic carbocycles. The Morgan fingerprint density at radius 2 is 1.60 bits per heavy atom. The van der Waals surface area contributed by atoms with Gasteiger partial charge in [0.1, 0.15) is 11.5 Å². The first-order valence-corrected chi connectivity index (χ1v) is 8.27. The molecule has 0 radical (unpaired) electrons. The van der Waals surface area contributed by atoms with Crippen molar-refractivity contribution in [2.75, 3.05) is 20.8 Å². The third kappa shape index (κ3) is 5.38. The van der Waals surface area contributed by atoms with E-state index >= 15 is 0 Å². The largest absolute Gasteiger partial charge is 0.497 e. The van der Waals surface area contributed by atoms with Gasteiger partial charge in [-0.15, -0.1) is 0 Å². The van der Waals surface area contributed by atoms with Crippen molar-refractivity contribution in [2.24, 2.45) is 0 Å². The lowest BCUT2D eigenvalue weighted by atomic mass is 10.0. The monoisotopic (exact) mass is 339 g/mol. The summed E-state index contributed by atoms with van der Waals surface area (Å²) < 4.78 is 10.4. The molecular weight excluding hydrogens is 314 g/mol. The molecule has 1 amide bonds. The van der Waals surface area contributed by atoms with Crippen LogP contribution in [-0.2, 0) is 11.2 Å². The lowest BCUT2D eigenvalue weighted by Gasteiger charge is -2.09. The fourth-order valence-electron chi connectivity index (χ4n) is 2.66. The van der Waals surface area contributed by atoms with Crippen molar-refractivity contribution in [3.05, 3.63) is 64.7 Å². The van der Waals surface area contributed by atoms with Gasteiger partial charge in [-0.25, -0.2) is 0 Å². The molecule has 2 aromatic rings. The highest BCUT2D eigenvalue weighted by molar-refractivity contribution is 5.92. The normalized spacial score (nSPS) is 10.7. The first kappa shape index (κ1) is 18.6. The Bertz CT molecular complexity index is 725. The summed E-state index contributed by atoms with van der Waals surface area (Å²) in [7, 11) is 3.30. The van der Waals surface area contributed by atoms with Crippen LogP contribution in [0.25, 0.3) is 6.08 Å². The molecule has 0 heterocycles. The van der Waals surface area contributed by atoms with Crippen molar-refractivity contribution in [3.8, 4) is 11.5 Å². The van der Waals surface area contributed by atoms with Crippen molar-refractivity contribution in [1.29, 1.82) is 0 Å². The summed E-state index contributed by atoms with van der Waals surface area (Å²) >= 11 is 0. The molecule has 0 saturated carbocycles. The van der Waals surface area contributed by atoms with E-state index in [9.17, 15) is 4.79 Å². The van der Waals surface area contributed by atoms with Crippen LogP contribution in [0.5, 0.6) is 11.5 Å². The molecule has 0 fully saturated rings. The van der Waals surface area contributed by atoms with E-state index in [4.69, 9.17) is 9.47 Å². The second-order valence-corrected chi connectivity index (χ2v) is 5.90. The molecule has 2 rings (SSSR count). The molecule has 0 spiro atoms. The summed E-state index contributed by atoms with van der Waals surface area (Å²) in [5.74, 6) is 1.57. The average molecular weight is 339 g/mol. The number of nitrogens with one attached hydrogen (secondary N) is 1. The van der Waals surface area contributed by atoms with Gasteiger partial charge in [-0.2, -0.15) is 0 Å². The highest BCUT2D eigenvalue weighted by Gasteiger charge is 2.04. The minimum atomic E-state index is -0.0943. The number of rotatable bonds is 7. The minimum absolute atomic E-state index is 0.0943. The maximum atomic E-state index is 12.0. The van der Waals surface area contributed by atoms with Gasteiger partial charge in [0.05, 0.1) is 14.2 Å². The smallest absolute Gasteiger partial charge is 0.244 e. The second kappa shape index (κ2) is 8.92. The van der Waals surface area contributed by atoms with E-state index in [0.717, 1.165) is 40.2 Å². The van der Waals surface area contributed by atoms with E-state index < -0.39 is 0 Å². The van der Waals surface area contributed by atoms with E-state index in [1.165, 1.54) is 0 Å². The van der Waals surface area contributed by atoms with Gasteiger partial charge < -0.3 is 14.8 Å². The minimum Gasteiger partial charge on any atom is -0.497 e. The Morgan fingerprint density at radius 3 is 2.16 bits per heavy atom. The first-order chi connectivity index (χ1) is 12.0. The predicted molar refractivity (Wildman–Crippen MR) is 101 cm³/mol. The van der Waals surface area contributed by atoms with E-state index in [0.29, 0.717) is 6.54 Å².